The van der Waals surface area contributed by atoms with E-state index in [1.165, 1.54) is 5.56 Å². The third kappa shape index (κ3) is 7.72. The third-order valence-electron chi connectivity index (χ3n) is 5.49. The van der Waals surface area contributed by atoms with Gasteiger partial charge in [0.25, 0.3) is 0 Å². The van der Waals surface area contributed by atoms with Crippen LogP contribution in [0.1, 0.15) is 31.7 Å². The number of nitrogens with one attached hydrogen (secondary N) is 2. The molecule has 2 aliphatic rings. The van der Waals surface area contributed by atoms with Crippen molar-refractivity contribution in [1.82, 2.24) is 15.5 Å². The van der Waals surface area contributed by atoms with Crippen molar-refractivity contribution in [1.29, 1.82) is 0 Å². The summed E-state index contributed by atoms with van der Waals surface area (Å²) < 4.78 is 23.0. The zero-order valence-electron chi connectivity index (χ0n) is 17.5. The fraction of sp³-hybridized carbons (Fsp3) is 0.619. The van der Waals surface area contributed by atoms with Gasteiger partial charge >= 0.3 is 0 Å². The molecule has 2 heterocycles. The number of amides is 1. The Kier molecular flexibility index (Phi) is 9.86. The number of hydrogen-bond donors (Lipinski definition) is 2. The van der Waals surface area contributed by atoms with E-state index in [9.17, 15) is 13.2 Å². The quantitative estimate of drug-likeness (QED) is 0.308. The van der Waals surface area contributed by atoms with Gasteiger partial charge in [0.2, 0.25) is 5.91 Å². The van der Waals surface area contributed by atoms with Crippen molar-refractivity contribution in [3.05, 3.63) is 35.9 Å². The minimum Gasteiger partial charge on any atom is -0.357 e. The van der Waals surface area contributed by atoms with Crippen LogP contribution in [0.5, 0.6) is 0 Å². The number of guanidine groups is 1. The van der Waals surface area contributed by atoms with E-state index in [1.54, 1.807) is 0 Å². The second kappa shape index (κ2) is 11.9. The lowest BCUT2D eigenvalue weighted by Crippen LogP contribution is -2.40. The van der Waals surface area contributed by atoms with Gasteiger partial charge in [-0.15, -0.1) is 24.0 Å². The molecule has 2 aliphatic heterocycles. The van der Waals surface area contributed by atoms with Crippen LogP contribution in [0.2, 0.25) is 0 Å². The van der Waals surface area contributed by atoms with E-state index in [0.29, 0.717) is 18.9 Å². The van der Waals surface area contributed by atoms with Crippen LogP contribution >= 0.6 is 24.0 Å². The number of benzene rings is 1. The molecule has 1 aromatic carbocycles. The van der Waals surface area contributed by atoms with Gasteiger partial charge in [0, 0.05) is 32.1 Å². The first-order valence-electron chi connectivity index (χ1n) is 10.5. The molecule has 2 saturated heterocycles. The lowest BCUT2D eigenvalue weighted by atomic mass is 9.99. The summed E-state index contributed by atoms with van der Waals surface area (Å²) in [6.45, 7) is 5.15. The SMILES string of the molecule is CCNC(=NCCC(=O)NC1CCS(=O)(=O)C1)N1CCC(Cc2ccccc2)C1.I. The van der Waals surface area contributed by atoms with Gasteiger partial charge in [-0.3, -0.25) is 9.79 Å². The van der Waals surface area contributed by atoms with Gasteiger partial charge in [-0.2, -0.15) is 0 Å². The van der Waals surface area contributed by atoms with Gasteiger partial charge in [-0.05, 0) is 37.7 Å². The van der Waals surface area contributed by atoms with E-state index < -0.39 is 9.84 Å². The van der Waals surface area contributed by atoms with E-state index in [1.807, 2.05) is 13.0 Å². The Morgan fingerprint density at radius 1 is 1.23 bits per heavy atom. The molecule has 2 atom stereocenters. The standard InChI is InChI=1S/C21H32N4O3S.HI/c1-2-22-21(23-11-8-20(26)24-19-10-13-29(27,28)16-19)25-12-9-18(15-25)14-17-6-4-3-5-7-17;/h3-7,18-19H,2,8-16H2,1H3,(H,22,23)(H,24,26);1H. The van der Waals surface area contributed by atoms with Crippen LogP contribution in [0, 0.1) is 5.92 Å². The fourth-order valence-electron chi connectivity index (χ4n) is 4.04. The van der Waals surface area contributed by atoms with Gasteiger partial charge in [-0.1, -0.05) is 30.3 Å². The van der Waals surface area contributed by atoms with Crippen LogP contribution in [0.15, 0.2) is 35.3 Å². The van der Waals surface area contributed by atoms with Crippen molar-refractivity contribution in [2.45, 2.75) is 38.6 Å². The molecule has 7 nitrogen and oxygen atoms in total. The Morgan fingerprint density at radius 3 is 2.67 bits per heavy atom. The smallest absolute Gasteiger partial charge is 0.222 e. The summed E-state index contributed by atoms with van der Waals surface area (Å²) in [6, 6.07) is 10.3. The maximum atomic E-state index is 12.1. The monoisotopic (exact) mass is 548 g/mol. The van der Waals surface area contributed by atoms with Gasteiger partial charge < -0.3 is 15.5 Å². The summed E-state index contributed by atoms with van der Waals surface area (Å²) in [7, 11) is -2.98. The highest BCUT2D eigenvalue weighted by Gasteiger charge is 2.29. The number of nitrogens with zero attached hydrogens (tertiary/aromatic N) is 2. The minimum absolute atomic E-state index is 0. The lowest BCUT2D eigenvalue weighted by Gasteiger charge is -2.21. The third-order valence-corrected chi connectivity index (χ3v) is 7.25. The Balaban J connectivity index is 0.00000320. The second-order valence-corrected chi connectivity index (χ2v) is 10.2. The zero-order chi connectivity index (χ0) is 20.7. The first-order valence-corrected chi connectivity index (χ1v) is 12.3. The molecular formula is C21H33IN4O3S. The summed E-state index contributed by atoms with van der Waals surface area (Å²) in [6.07, 6.45) is 2.99. The van der Waals surface area contributed by atoms with Crippen LogP contribution in [0.4, 0.5) is 0 Å². The van der Waals surface area contributed by atoms with Gasteiger partial charge in [0.15, 0.2) is 15.8 Å². The molecule has 9 heteroatoms. The number of hydrogen-bond acceptors (Lipinski definition) is 4. The van der Waals surface area contributed by atoms with Gasteiger partial charge in [0.1, 0.15) is 0 Å². The van der Waals surface area contributed by atoms with Crippen LogP contribution in [0.25, 0.3) is 0 Å². The normalized spacial score (nSPS) is 23.1. The van der Waals surface area contributed by atoms with Crippen molar-refractivity contribution < 1.29 is 13.2 Å². The number of carbonyl (C=O) groups excluding carboxylic acids is 1. The predicted octanol–water partition coefficient (Wildman–Crippen LogP) is 1.83. The Labute approximate surface area is 197 Å². The Morgan fingerprint density at radius 2 is 2.00 bits per heavy atom. The lowest BCUT2D eigenvalue weighted by molar-refractivity contribution is -0.121. The summed E-state index contributed by atoms with van der Waals surface area (Å²) in [5.74, 6) is 1.56. The van der Waals surface area contributed by atoms with E-state index >= 15 is 0 Å². The largest absolute Gasteiger partial charge is 0.357 e. The molecular weight excluding hydrogens is 515 g/mol. The molecule has 2 N–H and O–H groups in total. The molecule has 30 heavy (non-hydrogen) atoms. The van der Waals surface area contributed by atoms with Crippen molar-refractivity contribution in [3.63, 3.8) is 0 Å². The summed E-state index contributed by atoms with van der Waals surface area (Å²) in [5, 5.41) is 6.15. The zero-order valence-corrected chi connectivity index (χ0v) is 20.7. The average Bonchev–Trinajstić information content (AvgIpc) is 3.28. The molecule has 3 rings (SSSR count). The maximum absolute atomic E-state index is 12.1. The van der Waals surface area contributed by atoms with E-state index in [0.717, 1.165) is 38.4 Å². The van der Waals surface area contributed by atoms with Crippen molar-refractivity contribution in [3.8, 4) is 0 Å². The number of sulfone groups is 1. The van der Waals surface area contributed by atoms with Gasteiger partial charge in [-0.25, -0.2) is 8.42 Å². The highest BCUT2D eigenvalue weighted by Crippen LogP contribution is 2.21. The van der Waals surface area contributed by atoms with Crippen molar-refractivity contribution in [2.24, 2.45) is 10.9 Å². The first-order chi connectivity index (χ1) is 13.9. The van der Waals surface area contributed by atoms with Crippen molar-refractivity contribution >= 4 is 45.7 Å². The number of likely N-dealkylation sites (tertiary alicyclic amines) is 1. The Bertz CT molecular complexity index is 817. The molecule has 0 aliphatic carbocycles. The highest BCUT2D eigenvalue weighted by atomic mass is 127. The van der Waals surface area contributed by atoms with Crippen LogP contribution in [0.3, 0.4) is 0 Å². The number of carbonyl (C=O) groups is 1. The number of rotatable bonds is 7. The summed E-state index contributed by atoms with van der Waals surface area (Å²) in [5.41, 5.74) is 1.37. The average molecular weight is 548 g/mol. The maximum Gasteiger partial charge on any atom is 0.222 e. The summed E-state index contributed by atoms with van der Waals surface area (Å²) >= 11 is 0. The molecule has 168 valence electrons. The van der Waals surface area contributed by atoms with Crippen LogP contribution in [-0.2, 0) is 21.1 Å². The molecule has 0 spiro atoms. The second-order valence-electron chi connectivity index (χ2n) is 7.94. The first kappa shape index (κ1) is 24.9. The van der Waals surface area contributed by atoms with Gasteiger partial charge in [0.05, 0.1) is 18.1 Å². The molecule has 2 fully saturated rings. The number of halogens is 1. The predicted molar refractivity (Wildman–Crippen MR) is 131 cm³/mol. The molecule has 1 aromatic rings. The molecule has 0 bridgehead atoms. The topological polar surface area (TPSA) is 90.9 Å². The van der Waals surface area contributed by atoms with E-state index in [2.05, 4.69) is 44.8 Å². The van der Waals surface area contributed by atoms with E-state index in [-0.39, 0.29) is 53.9 Å². The molecule has 0 saturated carbocycles. The molecule has 1 amide bonds. The number of aliphatic imine (C=N–C) groups is 1. The summed E-state index contributed by atoms with van der Waals surface area (Å²) in [4.78, 5) is 19.0. The molecule has 0 aromatic heterocycles. The van der Waals surface area contributed by atoms with E-state index in [4.69, 9.17) is 0 Å². The minimum atomic E-state index is -2.98. The van der Waals surface area contributed by atoms with Crippen LogP contribution < -0.4 is 10.6 Å². The van der Waals surface area contributed by atoms with Crippen LogP contribution in [-0.4, -0.2) is 68.9 Å². The fourth-order valence-corrected chi connectivity index (χ4v) is 5.71. The molecule has 2 unspecified atom stereocenters. The van der Waals surface area contributed by atoms with Crippen molar-refractivity contribution in [2.75, 3.05) is 37.7 Å². The highest BCUT2D eigenvalue weighted by molar-refractivity contribution is 14.0. The Hall–Kier alpha value is -1.36. The molecule has 0 radical (unpaired) electrons.